The van der Waals surface area contributed by atoms with Crippen LogP contribution in [0.2, 0.25) is 0 Å². The van der Waals surface area contributed by atoms with Crippen molar-refractivity contribution < 1.29 is 9.59 Å². The summed E-state index contributed by atoms with van der Waals surface area (Å²) in [5.74, 6) is -0.227. The van der Waals surface area contributed by atoms with Gasteiger partial charge in [0.05, 0.1) is 9.93 Å². The average molecular weight is 398 g/mol. The fraction of sp³-hybridized carbons (Fsp3) is 0.273. The number of hydrogen-bond donors (Lipinski definition) is 3. The molecule has 0 atom stereocenters. The quantitative estimate of drug-likeness (QED) is 0.414. The molecule has 6 heteroatoms. The predicted octanol–water partition coefficient (Wildman–Crippen LogP) is 5.38. The molecule has 2 rings (SSSR count). The van der Waals surface area contributed by atoms with Gasteiger partial charge in [0.1, 0.15) is 0 Å². The molecule has 0 saturated carbocycles. The van der Waals surface area contributed by atoms with E-state index in [-0.39, 0.29) is 11.9 Å². The van der Waals surface area contributed by atoms with Crippen molar-refractivity contribution in [3.8, 4) is 0 Å². The number of benzene rings is 2. The van der Waals surface area contributed by atoms with Crippen LogP contribution in [0.1, 0.15) is 33.6 Å². The fourth-order valence-corrected chi connectivity index (χ4v) is 3.27. The van der Waals surface area contributed by atoms with Gasteiger partial charge in [0, 0.05) is 12.2 Å². The van der Waals surface area contributed by atoms with Crippen LogP contribution >= 0.6 is 11.8 Å². The molecule has 3 amide bonds. The molecule has 0 aromatic heterocycles. The zero-order valence-corrected chi connectivity index (χ0v) is 17.4. The molecule has 0 aliphatic heterocycles. The van der Waals surface area contributed by atoms with Gasteiger partial charge in [-0.2, -0.15) is 0 Å². The Labute approximate surface area is 170 Å². The Morgan fingerprint density at radius 1 is 1.07 bits per heavy atom. The van der Waals surface area contributed by atoms with E-state index in [0.29, 0.717) is 16.5 Å². The second-order valence-electron chi connectivity index (χ2n) is 6.60. The summed E-state index contributed by atoms with van der Waals surface area (Å²) in [7, 11) is 0. The first-order valence-electron chi connectivity index (χ1n) is 9.30. The lowest BCUT2D eigenvalue weighted by molar-refractivity contribution is -0.112. The van der Waals surface area contributed by atoms with Gasteiger partial charge in [0.2, 0.25) is 0 Å². The van der Waals surface area contributed by atoms with Crippen LogP contribution in [0.4, 0.5) is 10.5 Å². The van der Waals surface area contributed by atoms with Crippen LogP contribution < -0.4 is 16.0 Å². The minimum Gasteiger partial charge on any atom is -0.338 e. The Morgan fingerprint density at radius 3 is 2.46 bits per heavy atom. The van der Waals surface area contributed by atoms with Crippen LogP contribution in [0.3, 0.4) is 0 Å². The van der Waals surface area contributed by atoms with Gasteiger partial charge in [-0.25, -0.2) is 4.79 Å². The van der Waals surface area contributed by atoms with Gasteiger partial charge in [-0.15, -0.1) is 0 Å². The molecule has 0 saturated heterocycles. The zero-order valence-electron chi connectivity index (χ0n) is 16.6. The Hall–Kier alpha value is -2.73. The molecule has 148 valence electrons. The van der Waals surface area contributed by atoms with Gasteiger partial charge in [0.25, 0.3) is 5.91 Å². The summed E-state index contributed by atoms with van der Waals surface area (Å²) in [6.45, 7) is 10.2. The summed E-state index contributed by atoms with van der Waals surface area (Å²) in [4.78, 5) is 25.1. The summed E-state index contributed by atoms with van der Waals surface area (Å²) in [5.41, 5.74) is 1.57. The van der Waals surface area contributed by atoms with Crippen molar-refractivity contribution in [2.45, 2.75) is 33.6 Å². The number of carbonyl (C=O) groups is 2. The van der Waals surface area contributed by atoms with E-state index < -0.39 is 0 Å². The van der Waals surface area contributed by atoms with Gasteiger partial charge in [0.15, 0.2) is 0 Å². The number of unbranched alkanes of at least 4 members (excludes halogenated alkanes) is 1. The molecule has 0 radical (unpaired) electrons. The SMILES string of the molecule is C=C(NC(=O)NCCCC)SC(C(=O)Nc1ccc2ccccc2c1)=C(C)C. The van der Waals surface area contributed by atoms with Crippen LogP contribution in [0.5, 0.6) is 0 Å². The molecular formula is C22H27N3O2S. The summed E-state index contributed by atoms with van der Waals surface area (Å²) in [5, 5.41) is 10.9. The maximum atomic E-state index is 12.8. The van der Waals surface area contributed by atoms with E-state index >= 15 is 0 Å². The highest BCUT2D eigenvalue weighted by Crippen LogP contribution is 2.27. The van der Waals surface area contributed by atoms with Crippen LogP contribution in [-0.2, 0) is 4.79 Å². The standard InChI is InChI=1S/C22H27N3O2S/c1-5-6-13-23-22(27)24-16(4)28-20(15(2)3)21(26)25-19-12-11-17-9-7-8-10-18(17)14-19/h7-12,14H,4-6,13H2,1-3H3,(H,25,26)(H2,23,24,27). The predicted molar refractivity (Wildman–Crippen MR) is 119 cm³/mol. The molecule has 0 bridgehead atoms. The van der Waals surface area contributed by atoms with E-state index in [1.165, 1.54) is 0 Å². The fourth-order valence-electron chi connectivity index (χ4n) is 2.53. The molecular weight excluding hydrogens is 370 g/mol. The monoisotopic (exact) mass is 397 g/mol. The molecule has 5 nitrogen and oxygen atoms in total. The molecule has 0 heterocycles. The molecule has 28 heavy (non-hydrogen) atoms. The summed E-state index contributed by atoms with van der Waals surface area (Å²) < 4.78 is 0. The third kappa shape index (κ3) is 6.46. The number of amides is 3. The second-order valence-corrected chi connectivity index (χ2v) is 7.71. The van der Waals surface area contributed by atoms with Crippen molar-refractivity contribution in [3.05, 3.63) is 64.6 Å². The topological polar surface area (TPSA) is 70.2 Å². The molecule has 0 spiro atoms. The van der Waals surface area contributed by atoms with Crippen molar-refractivity contribution >= 4 is 40.2 Å². The lowest BCUT2D eigenvalue weighted by Gasteiger charge is -2.14. The van der Waals surface area contributed by atoms with E-state index in [4.69, 9.17) is 0 Å². The van der Waals surface area contributed by atoms with E-state index in [1.54, 1.807) is 0 Å². The number of nitrogens with one attached hydrogen (secondary N) is 3. The third-order valence-electron chi connectivity index (χ3n) is 3.96. The van der Waals surface area contributed by atoms with Gasteiger partial charge in [-0.05, 0) is 43.2 Å². The van der Waals surface area contributed by atoms with Crippen molar-refractivity contribution in [3.63, 3.8) is 0 Å². The lowest BCUT2D eigenvalue weighted by Crippen LogP contribution is -2.34. The minimum atomic E-state index is -0.311. The number of fused-ring (bicyclic) bond motifs is 1. The van der Waals surface area contributed by atoms with Crippen LogP contribution in [0, 0.1) is 0 Å². The number of urea groups is 1. The number of carbonyl (C=O) groups excluding carboxylic acids is 2. The summed E-state index contributed by atoms with van der Waals surface area (Å²) in [6.07, 6.45) is 1.92. The molecule has 0 aliphatic rings. The highest BCUT2D eigenvalue weighted by atomic mass is 32.2. The van der Waals surface area contributed by atoms with Crippen LogP contribution in [0.15, 0.2) is 64.6 Å². The molecule has 0 aliphatic carbocycles. The number of rotatable bonds is 8. The van der Waals surface area contributed by atoms with E-state index in [0.717, 1.165) is 46.6 Å². The largest absolute Gasteiger partial charge is 0.338 e. The van der Waals surface area contributed by atoms with E-state index in [1.807, 2.05) is 56.3 Å². The molecule has 2 aromatic rings. The number of anilines is 1. The first kappa shape index (κ1) is 21.6. The number of allylic oxidation sites excluding steroid dienone is 1. The highest BCUT2D eigenvalue weighted by molar-refractivity contribution is 8.07. The average Bonchev–Trinajstić information content (AvgIpc) is 2.66. The summed E-state index contributed by atoms with van der Waals surface area (Å²) >= 11 is 1.15. The van der Waals surface area contributed by atoms with Crippen LogP contribution in [-0.4, -0.2) is 18.5 Å². The Kier molecular flexibility index (Phi) is 8.14. The number of thioether (sulfide) groups is 1. The molecule has 3 N–H and O–H groups in total. The Morgan fingerprint density at radius 2 is 1.79 bits per heavy atom. The molecule has 0 fully saturated rings. The van der Waals surface area contributed by atoms with Crippen molar-refractivity contribution in [1.82, 2.24) is 10.6 Å². The smallest absolute Gasteiger partial charge is 0.319 e. The van der Waals surface area contributed by atoms with E-state index in [9.17, 15) is 9.59 Å². The Bertz CT molecular complexity index is 902. The lowest BCUT2D eigenvalue weighted by atomic mass is 10.1. The van der Waals surface area contributed by atoms with Gasteiger partial charge >= 0.3 is 6.03 Å². The van der Waals surface area contributed by atoms with E-state index in [2.05, 4.69) is 29.5 Å². The second kappa shape index (κ2) is 10.6. The summed E-state index contributed by atoms with van der Waals surface area (Å²) in [6, 6.07) is 13.5. The van der Waals surface area contributed by atoms with Crippen molar-refractivity contribution in [1.29, 1.82) is 0 Å². The number of hydrogen-bond acceptors (Lipinski definition) is 3. The van der Waals surface area contributed by atoms with Crippen LogP contribution in [0.25, 0.3) is 10.8 Å². The molecule has 0 unspecified atom stereocenters. The first-order valence-corrected chi connectivity index (χ1v) is 10.1. The van der Waals surface area contributed by atoms with Gasteiger partial charge in [-0.1, -0.05) is 67.6 Å². The van der Waals surface area contributed by atoms with Crippen molar-refractivity contribution in [2.24, 2.45) is 0 Å². The maximum Gasteiger partial charge on any atom is 0.319 e. The Balaban J connectivity index is 2.00. The minimum absolute atomic E-state index is 0.227. The van der Waals surface area contributed by atoms with Gasteiger partial charge in [-0.3, -0.25) is 4.79 Å². The maximum absolute atomic E-state index is 12.8. The molecule has 2 aromatic carbocycles. The van der Waals surface area contributed by atoms with Gasteiger partial charge < -0.3 is 16.0 Å². The first-order chi connectivity index (χ1) is 13.4. The van der Waals surface area contributed by atoms with Crippen molar-refractivity contribution in [2.75, 3.05) is 11.9 Å². The zero-order chi connectivity index (χ0) is 20.5. The highest BCUT2D eigenvalue weighted by Gasteiger charge is 2.15. The third-order valence-corrected chi connectivity index (χ3v) is 5.11. The normalized spacial score (nSPS) is 10.2.